The molecule has 3 nitrogen and oxygen atoms in total. The van der Waals surface area contributed by atoms with Crippen molar-refractivity contribution < 1.29 is 9.21 Å². The van der Waals surface area contributed by atoms with Crippen molar-refractivity contribution in [2.24, 2.45) is 22.7 Å². The molecule has 0 spiro atoms. The summed E-state index contributed by atoms with van der Waals surface area (Å²) in [6, 6.07) is 2.07. The van der Waals surface area contributed by atoms with Gasteiger partial charge in [-0.25, -0.2) is 0 Å². The molecule has 1 amide bonds. The summed E-state index contributed by atoms with van der Waals surface area (Å²) in [5.41, 5.74) is 2.60. The lowest BCUT2D eigenvalue weighted by molar-refractivity contribution is -0.146. The average Bonchev–Trinajstić information content (AvgIpc) is 3.14. The molecule has 0 aromatic carbocycles. The summed E-state index contributed by atoms with van der Waals surface area (Å²) >= 11 is 0. The smallest absolute Gasteiger partial charge is 0.226 e. The number of nitrogens with one attached hydrogen (secondary N) is 1. The van der Waals surface area contributed by atoms with Crippen molar-refractivity contribution in [2.75, 3.05) is 6.54 Å². The molecule has 0 unspecified atom stereocenters. The lowest BCUT2D eigenvalue weighted by Gasteiger charge is -2.58. The molecule has 27 heavy (non-hydrogen) atoms. The van der Waals surface area contributed by atoms with Crippen molar-refractivity contribution in [3.63, 3.8) is 0 Å². The monoisotopic (exact) mass is 371 g/mol. The quantitative estimate of drug-likeness (QED) is 0.478. The Kier molecular flexibility index (Phi) is 6.18. The number of carbonyl (C=O) groups excluding carboxylic acids is 1. The summed E-state index contributed by atoms with van der Waals surface area (Å²) in [7, 11) is 0. The number of amides is 1. The largest absolute Gasteiger partial charge is 0.472 e. The molecule has 1 N–H and O–H groups in total. The van der Waals surface area contributed by atoms with E-state index >= 15 is 0 Å². The van der Waals surface area contributed by atoms with Crippen LogP contribution in [0, 0.1) is 22.7 Å². The van der Waals surface area contributed by atoms with Crippen LogP contribution in [0.25, 0.3) is 0 Å². The highest BCUT2D eigenvalue weighted by molar-refractivity contribution is 5.83. The maximum atomic E-state index is 13.2. The van der Waals surface area contributed by atoms with Gasteiger partial charge in [0.15, 0.2) is 0 Å². The minimum Gasteiger partial charge on any atom is -0.472 e. The maximum Gasteiger partial charge on any atom is 0.226 e. The first kappa shape index (κ1) is 20.2. The molecule has 0 radical (unpaired) electrons. The topological polar surface area (TPSA) is 42.2 Å². The van der Waals surface area contributed by atoms with Crippen LogP contribution in [0.3, 0.4) is 0 Å². The number of furan rings is 1. The number of carbonyl (C=O) groups is 1. The first-order valence-electron chi connectivity index (χ1n) is 10.9. The summed E-state index contributed by atoms with van der Waals surface area (Å²) in [6.07, 6.45) is 13.5. The summed E-state index contributed by atoms with van der Waals surface area (Å²) in [5.74, 6) is 1.22. The fourth-order valence-corrected chi connectivity index (χ4v) is 6.08. The molecular formula is C24H37NO2. The van der Waals surface area contributed by atoms with E-state index in [1.165, 1.54) is 17.6 Å². The van der Waals surface area contributed by atoms with Gasteiger partial charge in [-0.2, -0.15) is 0 Å². The molecule has 0 bridgehead atoms. The fourth-order valence-electron chi connectivity index (χ4n) is 6.08. The van der Waals surface area contributed by atoms with E-state index in [-0.39, 0.29) is 16.7 Å². The van der Waals surface area contributed by atoms with E-state index in [0.717, 1.165) is 57.9 Å². The minimum atomic E-state index is -0.241. The van der Waals surface area contributed by atoms with E-state index in [1.54, 1.807) is 6.26 Å². The molecule has 1 heterocycles. The molecule has 0 aliphatic heterocycles. The van der Waals surface area contributed by atoms with Crippen molar-refractivity contribution in [1.82, 2.24) is 5.32 Å². The number of aryl methyl sites for hydroxylation is 1. The lowest BCUT2D eigenvalue weighted by atomic mass is 9.46. The molecule has 2 fully saturated rings. The molecule has 3 heteroatoms. The van der Waals surface area contributed by atoms with Gasteiger partial charge in [0.05, 0.1) is 12.5 Å². The second kappa shape index (κ2) is 8.24. The van der Waals surface area contributed by atoms with E-state index in [0.29, 0.717) is 11.8 Å². The van der Waals surface area contributed by atoms with Crippen molar-refractivity contribution in [1.29, 1.82) is 0 Å². The Labute approximate surface area is 165 Å². The molecular weight excluding hydrogens is 334 g/mol. The van der Waals surface area contributed by atoms with Crippen LogP contribution in [0.5, 0.6) is 0 Å². The molecule has 1 aromatic rings. The predicted octanol–water partition coefficient (Wildman–Crippen LogP) is 5.91. The second-order valence-corrected chi connectivity index (χ2v) is 9.36. The predicted molar refractivity (Wildman–Crippen MR) is 110 cm³/mol. The van der Waals surface area contributed by atoms with E-state index in [9.17, 15) is 4.79 Å². The first-order chi connectivity index (χ1) is 12.9. The highest BCUT2D eigenvalue weighted by atomic mass is 16.3. The van der Waals surface area contributed by atoms with E-state index in [1.807, 2.05) is 6.26 Å². The van der Waals surface area contributed by atoms with E-state index in [2.05, 4.69) is 38.7 Å². The number of fused-ring (bicyclic) bond motifs is 1. The zero-order valence-electron chi connectivity index (χ0n) is 17.5. The summed E-state index contributed by atoms with van der Waals surface area (Å²) in [6.45, 7) is 12.1. The van der Waals surface area contributed by atoms with Crippen LogP contribution < -0.4 is 5.32 Å². The Morgan fingerprint density at radius 1 is 1.37 bits per heavy atom. The normalized spacial score (nSPS) is 33.5. The van der Waals surface area contributed by atoms with Crippen molar-refractivity contribution in [2.45, 2.75) is 78.6 Å². The number of allylic oxidation sites excluding steroid dienone is 1. The van der Waals surface area contributed by atoms with Crippen LogP contribution in [0.1, 0.15) is 77.7 Å². The highest BCUT2D eigenvalue weighted by Gasteiger charge is 2.56. The molecule has 2 aliphatic rings. The van der Waals surface area contributed by atoms with Gasteiger partial charge in [0.25, 0.3) is 0 Å². The van der Waals surface area contributed by atoms with Crippen molar-refractivity contribution >= 4 is 5.91 Å². The Hall–Kier alpha value is -1.51. The standard InChI is InChI=1S/C24H37NO2/c1-5-6-15-25-22(26)24(4)14-7-13-23(3)20(18(2)8-11-21(23)24)10-9-19-12-16-27-17-19/h12,16-17,20-21H,2,5-11,13-15H2,1,3-4H3,(H,25,26)/t20-,21+,23+,24+/m1/s1. The van der Waals surface area contributed by atoms with Crippen LogP contribution in [-0.2, 0) is 11.2 Å². The van der Waals surface area contributed by atoms with Crippen LogP contribution in [0.4, 0.5) is 0 Å². The van der Waals surface area contributed by atoms with E-state index in [4.69, 9.17) is 4.42 Å². The lowest BCUT2D eigenvalue weighted by Crippen LogP contribution is -2.56. The third-order valence-electron chi connectivity index (χ3n) is 7.66. The Balaban J connectivity index is 1.78. The third-order valence-corrected chi connectivity index (χ3v) is 7.66. The van der Waals surface area contributed by atoms with Crippen LogP contribution in [-0.4, -0.2) is 12.5 Å². The summed E-state index contributed by atoms with van der Waals surface area (Å²) in [5, 5.41) is 3.25. The van der Waals surface area contributed by atoms with Gasteiger partial charge in [-0.3, -0.25) is 4.79 Å². The number of hydrogen-bond donors (Lipinski definition) is 1. The Bertz CT molecular complexity index is 649. The zero-order valence-corrected chi connectivity index (χ0v) is 17.5. The second-order valence-electron chi connectivity index (χ2n) is 9.36. The first-order valence-corrected chi connectivity index (χ1v) is 10.9. The van der Waals surface area contributed by atoms with Gasteiger partial charge in [-0.15, -0.1) is 0 Å². The molecule has 150 valence electrons. The zero-order chi connectivity index (χ0) is 19.5. The molecule has 0 saturated heterocycles. The van der Waals surface area contributed by atoms with Gasteiger partial charge >= 0.3 is 0 Å². The van der Waals surface area contributed by atoms with Gasteiger partial charge < -0.3 is 9.73 Å². The van der Waals surface area contributed by atoms with Crippen LogP contribution >= 0.6 is 0 Å². The third kappa shape index (κ3) is 3.88. The molecule has 1 aromatic heterocycles. The summed E-state index contributed by atoms with van der Waals surface area (Å²) in [4.78, 5) is 13.2. The number of hydrogen-bond acceptors (Lipinski definition) is 2. The van der Waals surface area contributed by atoms with Crippen LogP contribution in [0.2, 0.25) is 0 Å². The molecule has 2 aliphatic carbocycles. The summed E-state index contributed by atoms with van der Waals surface area (Å²) < 4.78 is 5.25. The van der Waals surface area contributed by atoms with Gasteiger partial charge in [0.2, 0.25) is 5.91 Å². The van der Waals surface area contributed by atoms with Gasteiger partial charge in [0.1, 0.15) is 0 Å². The molecule has 4 atom stereocenters. The molecule has 2 saturated carbocycles. The highest BCUT2D eigenvalue weighted by Crippen LogP contribution is 2.61. The fraction of sp³-hybridized carbons (Fsp3) is 0.708. The van der Waals surface area contributed by atoms with Crippen molar-refractivity contribution in [3.05, 3.63) is 36.3 Å². The Morgan fingerprint density at radius 2 is 2.19 bits per heavy atom. The average molecular weight is 372 g/mol. The Morgan fingerprint density at radius 3 is 2.89 bits per heavy atom. The van der Waals surface area contributed by atoms with Crippen LogP contribution in [0.15, 0.2) is 35.2 Å². The molecule has 3 rings (SSSR count). The maximum absolute atomic E-state index is 13.2. The van der Waals surface area contributed by atoms with Gasteiger partial charge in [-0.05, 0) is 73.8 Å². The SMILES string of the molecule is C=C1CC[C@H]2[C@@](C)(CCC[C@]2(C)C(=O)NCCCC)[C@@H]1CCc1ccoc1. The van der Waals surface area contributed by atoms with E-state index < -0.39 is 0 Å². The van der Waals surface area contributed by atoms with Gasteiger partial charge in [0, 0.05) is 12.0 Å². The van der Waals surface area contributed by atoms with Gasteiger partial charge in [-0.1, -0.05) is 45.8 Å². The number of unbranched alkanes of at least 4 members (excludes halogenated alkanes) is 1. The number of rotatable bonds is 7. The minimum absolute atomic E-state index is 0.175. The van der Waals surface area contributed by atoms with Crippen molar-refractivity contribution in [3.8, 4) is 0 Å².